The standard InChI is InChI=1S/C22H18Cl2F4N6O3/c1-2-33(18(36)10-35)16-9-34(32-20(16)12-6-7-13(23)14(24)8-12)21(30-11-29)31-15-4-3-5-17(19(15)25)37-22(26,27)28/h3-8,16,35H,2,9-10H2,1H3,(H,30,31). The smallest absolute Gasteiger partial charge is 0.403 e. The number of amides is 1. The molecule has 0 saturated heterocycles. The lowest BCUT2D eigenvalue weighted by Crippen LogP contribution is -2.49. The van der Waals surface area contributed by atoms with E-state index in [0.717, 1.165) is 23.2 Å². The number of aliphatic hydroxyl groups excluding tert-OH is 1. The van der Waals surface area contributed by atoms with Gasteiger partial charge in [-0.25, -0.2) is 14.4 Å². The molecule has 1 atom stereocenters. The number of nitriles is 1. The fourth-order valence-electron chi connectivity index (χ4n) is 3.54. The molecule has 0 radical (unpaired) electrons. The Morgan fingerprint density at radius 2 is 2.08 bits per heavy atom. The SMILES string of the molecule is CCN(C(=O)CO)C1CN(C(=Nc2cccc(OC(F)(F)F)c2F)NC#N)N=C1c1ccc(Cl)c(Cl)c1. The van der Waals surface area contributed by atoms with E-state index in [4.69, 9.17) is 23.2 Å². The molecule has 2 N–H and O–H groups in total. The van der Waals surface area contributed by atoms with Gasteiger partial charge in [-0.05, 0) is 31.2 Å². The molecule has 0 aliphatic carbocycles. The highest BCUT2D eigenvalue weighted by Gasteiger charge is 2.37. The maximum Gasteiger partial charge on any atom is 0.573 e. The molecule has 1 aliphatic rings. The zero-order valence-corrected chi connectivity index (χ0v) is 20.4. The van der Waals surface area contributed by atoms with Gasteiger partial charge in [0.15, 0.2) is 17.8 Å². The molecule has 1 heterocycles. The second kappa shape index (κ2) is 11.6. The lowest BCUT2D eigenvalue weighted by Gasteiger charge is -2.28. The van der Waals surface area contributed by atoms with Crippen molar-refractivity contribution in [3.05, 3.63) is 57.8 Å². The van der Waals surface area contributed by atoms with Crippen molar-refractivity contribution < 1.29 is 32.2 Å². The van der Waals surface area contributed by atoms with Crippen LogP contribution in [0.5, 0.6) is 5.75 Å². The van der Waals surface area contributed by atoms with Gasteiger partial charge >= 0.3 is 6.36 Å². The first-order chi connectivity index (χ1) is 17.5. The van der Waals surface area contributed by atoms with Gasteiger partial charge < -0.3 is 14.7 Å². The van der Waals surface area contributed by atoms with Crippen molar-refractivity contribution in [2.24, 2.45) is 10.1 Å². The van der Waals surface area contributed by atoms with E-state index >= 15 is 0 Å². The number of carbonyl (C=O) groups excluding carboxylic acids is 1. The van der Waals surface area contributed by atoms with E-state index in [1.165, 1.54) is 17.0 Å². The zero-order valence-electron chi connectivity index (χ0n) is 18.9. The number of aliphatic imine (C=N–C) groups is 1. The summed E-state index contributed by atoms with van der Waals surface area (Å²) in [5.41, 5.74) is 0.159. The summed E-state index contributed by atoms with van der Waals surface area (Å²) in [6, 6.07) is 6.75. The highest BCUT2D eigenvalue weighted by atomic mass is 35.5. The van der Waals surface area contributed by atoms with E-state index in [9.17, 15) is 32.7 Å². The summed E-state index contributed by atoms with van der Waals surface area (Å²) in [6.45, 7) is 0.950. The number of guanidine groups is 1. The van der Waals surface area contributed by atoms with Gasteiger partial charge in [-0.2, -0.15) is 10.4 Å². The molecule has 0 saturated carbocycles. The van der Waals surface area contributed by atoms with Crippen molar-refractivity contribution in [2.75, 3.05) is 19.7 Å². The number of benzene rings is 2. The molecule has 37 heavy (non-hydrogen) atoms. The quantitative estimate of drug-likeness (QED) is 0.181. The summed E-state index contributed by atoms with van der Waals surface area (Å²) in [6.07, 6.45) is -3.52. The van der Waals surface area contributed by atoms with E-state index in [0.29, 0.717) is 5.56 Å². The number of rotatable bonds is 6. The van der Waals surface area contributed by atoms with Crippen LogP contribution in [0.1, 0.15) is 12.5 Å². The number of nitrogens with zero attached hydrogens (tertiary/aromatic N) is 5. The van der Waals surface area contributed by atoms with Crippen molar-refractivity contribution in [3.63, 3.8) is 0 Å². The maximum absolute atomic E-state index is 14.7. The van der Waals surface area contributed by atoms with Crippen LogP contribution in [0.15, 0.2) is 46.5 Å². The van der Waals surface area contributed by atoms with E-state index in [1.807, 2.05) is 0 Å². The number of aliphatic hydroxyl groups is 1. The number of hydrogen-bond donors (Lipinski definition) is 2. The molecule has 3 rings (SSSR count). The second-order valence-corrected chi connectivity index (χ2v) is 8.17. The van der Waals surface area contributed by atoms with Crippen LogP contribution in [0.4, 0.5) is 23.2 Å². The molecule has 0 fully saturated rings. The third-order valence-corrected chi connectivity index (χ3v) is 5.82. The first-order valence-corrected chi connectivity index (χ1v) is 11.2. The fourth-order valence-corrected chi connectivity index (χ4v) is 3.84. The highest BCUT2D eigenvalue weighted by molar-refractivity contribution is 6.42. The van der Waals surface area contributed by atoms with Crippen LogP contribution in [0.3, 0.4) is 0 Å². The molecule has 0 aromatic heterocycles. The molecule has 1 amide bonds. The normalized spacial score (nSPS) is 15.8. The Bertz CT molecular complexity index is 1280. The average molecular weight is 561 g/mol. The monoisotopic (exact) mass is 560 g/mol. The second-order valence-electron chi connectivity index (χ2n) is 7.36. The van der Waals surface area contributed by atoms with Gasteiger partial charge in [-0.15, -0.1) is 13.2 Å². The summed E-state index contributed by atoms with van der Waals surface area (Å²) in [5.74, 6) is -3.50. The van der Waals surface area contributed by atoms with E-state index in [1.54, 1.807) is 19.2 Å². The number of hydrazone groups is 1. The van der Waals surface area contributed by atoms with Crippen molar-refractivity contribution in [1.82, 2.24) is 15.2 Å². The molecule has 2 aromatic carbocycles. The van der Waals surface area contributed by atoms with Crippen molar-refractivity contribution >= 4 is 46.5 Å². The third kappa shape index (κ3) is 6.59. The topological polar surface area (TPSA) is 114 Å². The predicted octanol–water partition coefficient (Wildman–Crippen LogP) is 4.02. The summed E-state index contributed by atoms with van der Waals surface area (Å²) < 4.78 is 56.2. The van der Waals surface area contributed by atoms with Gasteiger partial charge in [-0.1, -0.05) is 35.3 Å². The summed E-state index contributed by atoms with van der Waals surface area (Å²) in [4.78, 5) is 17.7. The van der Waals surface area contributed by atoms with Gasteiger partial charge in [0, 0.05) is 12.1 Å². The lowest BCUT2D eigenvalue weighted by molar-refractivity contribution is -0.275. The summed E-state index contributed by atoms with van der Waals surface area (Å²) in [7, 11) is 0. The van der Waals surface area contributed by atoms with Crippen molar-refractivity contribution in [1.29, 1.82) is 5.26 Å². The zero-order chi connectivity index (χ0) is 27.3. The predicted molar refractivity (Wildman–Crippen MR) is 127 cm³/mol. The molecule has 0 bridgehead atoms. The van der Waals surface area contributed by atoms with E-state index in [-0.39, 0.29) is 34.8 Å². The first kappa shape index (κ1) is 28.0. The van der Waals surface area contributed by atoms with Gasteiger partial charge in [0.2, 0.25) is 11.9 Å². The Hall–Kier alpha value is -3.60. The number of carbonyl (C=O) groups is 1. The Morgan fingerprint density at radius 3 is 2.68 bits per heavy atom. The van der Waals surface area contributed by atoms with Crippen LogP contribution < -0.4 is 10.1 Å². The van der Waals surface area contributed by atoms with Crippen LogP contribution in [0, 0.1) is 17.3 Å². The maximum atomic E-state index is 14.7. The van der Waals surface area contributed by atoms with Gasteiger partial charge in [0.25, 0.3) is 0 Å². The molecule has 1 unspecified atom stereocenters. The largest absolute Gasteiger partial charge is 0.573 e. The highest BCUT2D eigenvalue weighted by Crippen LogP contribution is 2.32. The average Bonchev–Trinajstić information content (AvgIpc) is 3.27. The Labute approximate surface area is 218 Å². The number of ether oxygens (including phenoxy) is 1. The van der Waals surface area contributed by atoms with Crippen LogP contribution in [-0.4, -0.2) is 64.7 Å². The van der Waals surface area contributed by atoms with E-state index in [2.05, 4.69) is 20.1 Å². The third-order valence-electron chi connectivity index (χ3n) is 5.08. The number of nitrogens with one attached hydrogen (secondary N) is 1. The van der Waals surface area contributed by atoms with Crippen LogP contribution in [0.25, 0.3) is 0 Å². The van der Waals surface area contributed by atoms with Gasteiger partial charge in [0.1, 0.15) is 12.3 Å². The number of alkyl halides is 3. The Balaban J connectivity index is 2.09. The van der Waals surface area contributed by atoms with E-state index < -0.39 is 42.2 Å². The molecule has 1 aliphatic heterocycles. The van der Waals surface area contributed by atoms with Crippen LogP contribution in [-0.2, 0) is 4.79 Å². The van der Waals surface area contributed by atoms with Crippen molar-refractivity contribution in [3.8, 4) is 11.9 Å². The Morgan fingerprint density at radius 1 is 1.35 bits per heavy atom. The van der Waals surface area contributed by atoms with Crippen LogP contribution in [0.2, 0.25) is 10.0 Å². The Kier molecular flexibility index (Phi) is 8.80. The molecule has 15 heteroatoms. The molecule has 2 aromatic rings. The number of halogens is 6. The molecule has 196 valence electrons. The molecular weight excluding hydrogens is 543 g/mol. The minimum Gasteiger partial charge on any atom is -0.403 e. The first-order valence-electron chi connectivity index (χ1n) is 10.5. The molecule has 0 spiro atoms. The minimum absolute atomic E-state index is 0.108. The number of hydrogen-bond acceptors (Lipinski definition) is 6. The summed E-state index contributed by atoms with van der Waals surface area (Å²) in [5, 5.41) is 26.9. The molecule has 9 nitrogen and oxygen atoms in total. The van der Waals surface area contributed by atoms with Crippen LogP contribution >= 0.6 is 23.2 Å². The lowest BCUT2D eigenvalue weighted by atomic mass is 10.0. The van der Waals surface area contributed by atoms with Crippen molar-refractivity contribution in [2.45, 2.75) is 19.3 Å². The van der Waals surface area contributed by atoms with Gasteiger partial charge in [-0.3, -0.25) is 10.1 Å². The minimum atomic E-state index is -5.14. The summed E-state index contributed by atoms with van der Waals surface area (Å²) >= 11 is 12.1. The van der Waals surface area contributed by atoms with Gasteiger partial charge in [0.05, 0.1) is 28.3 Å². The number of likely N-dealkylation sites (N-methyl/N-ethyl adjacent to an activating group) is 1. The molecular formula is C22H18Cl2F4N6O3. The fraction of sp³-hybridized carbons (Fsp3) is 0.273.